The highest BCUT2D eigenvalue weighted by Gasteiger charge is 2.09. The molecule has 4 nitrogen and oxygen atoms in total. The lowest BCUT2D eigenvalue weighted by molar-refractivity contribution is -0.143. The van der Waals surface area contributed by atoms with Crippen molar-refractivity contribution in [3.8, 4) is 6.07 Å². The first-order valence-corrected chi connectivity index (χ1v) is 4.37. The molecule has 1 atom stereocenters. The average Bonchev–Trinajstić information content (AvgIpc) is 2.13. The zero-order valence-electron chi connectivity index (χ0n) is 8.41. The van der Waals surface area contributed by atoms with Crippen LogP contribution in [0.4, 0.5) is 0 Å². The molecule has 0 spiro atoms. The number of hydrogen-bond acceptors (Lipinski definition) is 4. The number of nitrogens with zero attached hydrogens (tertiary/aromatic N) is 2. The molecule has 0 rings (SSSR count). The molecule has 0 fully saturated rings. The molecule has 0 heterocycles. The van der Waals surface area contributed by atoms with Gasteiger partial charge in [0.1, 0.15) is 0 Å². The predicted octanol–water partition coefficient (Wildman–Crippen LogP) is 0.783. The molecule has 0 aliphatic rings. The molecule has 0 bridgehead atoms. The molecular weight excluding hydrogens is 168 g/mol. The van der Waals surface area contributed by atoms with Gasteiger partial charge in [0.15, 0.2) is 0 Å². The number of rotatable bonds is 5. The molecule has 13 heavy (non-hydrogen) atoms. The molecule has 74 valence electrons. The fourth-order valence-electron chi connectivity index (χ4n) is 0.793. The SMILES string of the molecule is CCOC(=O)CCN(C)C(C)C#N. The van der Waals surface area contributed by atoms with Crippen LogP contribution in [0.25, 0.3) is 0 Å². The molecule has 0 aromatic rings. The van der Waals surface area contributed by atoms with E-state index in [1.54, 1.807) is 13.8 Å². The van der Waals surface area contributed by atoms with Crippen molar-refractivity contribution >= 4 is 5.97 Å². The van der Waals surface area contributed by atoms with Crippen LogP contribution in [0.1, 0.15) is 20.3 Å². The molecule has 0 aliphatic carbocycles. The first-order valence-electron chi connectivity index (χ1n) is 4.37. The van der Waals surface area contributed by atoms with Gasteiger partial charge in [-0.05, 0) is 20.9 Å². The van der Waals surface area contributed by atoms with Gasteiger partial charge < -0.3 is 4.74 Å². The summed E-state index contributed by atoms with van der Waals surface area (Å²) in [4.78, 5) is 12.7. The van der Waals surface area contributed by atoms with E-state index in [-0.39, 0.29) is 12.0 Å². The summed E-state index contributed by atoms with van der Waals surface area (Å²) in [5.74, 6) is -0.209. The maximum atomic E-state index is 10.9. The second-order valence-electron chi connectivity index (χ2n) is 2.84. The van der Waals surface area contributed by atoms with Crippen LogP contribution in [0.15, 0.2) is 0 Å². The van der Waals surface area contributed by atoms with Crippen molar-refractivity contribution in [1.82, 2.24) is 4.90 Å². The highest BCUT2D eigenvalue weighted by Crippen LogP contribution is 1.96. The van der Waals surface area contributed by atoms with E-state index in [9.17, 15) is 4.79 Å². The summed E-state index contributed by atoms with van der Waals surface area (Å²) < 4.78 is 4.76. The summed E-state index contributed by atoms with van der Waals surface area (Å²) in [6.45, 7) is 4.55. The minimum absolute atomic E-state index is 0.158. The Hall–Kier alpha value is -1.08. The van der Waals surface area contributed by atoms with E-state index in [4.69, 9.17) is 10.00 Å². The lowest BCUT2D eigenvalue weighted by atomic mass is 10.3. The molecule has 1 unspecified atom stereocenters. The van der Waals surface area contributed by atoms with E-state index in [2.05, 4.69) is 6.07 Å². The van der Waals surface area contributed by atoms with Gasteiger partial charge in [-0.2, -0.15) is 5.26 Å². The number of nitriles is 1. The Morgan fingerprint density at radius 2 is 2.31 bits per heavy atom. The van der Waals surface area contributed by atoms with Gasteiger partial charge >= 0.3 is 5.97 Å². The van der Waals surface area contributed by atoms with Gasteiger partial charge in [0.25, 0.3) is 0 Å². The predicted molar refractivity (Wildman–Crippen MR) is 49.0 cm³/mol. The molecule has 0 N–H and O–H groups in total. The maximum absolute atomic E-state index is 10.9. The van der Waals surface area contributed by atoms with Gasteiger partial charge in [-0.1, -0.05) is 0 Å². The quantitative estimate of drug-likeness (QED) is 0.592. The smallest absolute Gasteiger partial charge is 0.307 e. The van der Waals surface area contributed by atoms with Crippen LogP contribution in [0.3, 0.4) is 0 Å². The Labute approximate surface area is 79.1 Å². The third-order valence-corrected chi connectivity index (χ3v) is 1.82. The number of hydrogen-bond donors (Lipinski definition) is 0. The molecule has 0 aromatic carbocycles. The van der Waals surface area contributed by atoms with Gasteiger partial charge in [-0.3, -0.25) is 9.69 Å². The highest BCUT2D eigenvalue weighted by molar-refractivity contribution is 5.69. The molecule has 0 aromatic heterocycles. The number of ether oxygens (including phenoxy) is 1. The molecule has 0 amide bonds. The Kier molecular flexibility index (Phi) is 5.90. The van der Waals surface area contributed by atoms with Gasteiger partial charge in [0.2, 0.25) is 0 Å². The summed E-state index contributed by atoms with van der Waals surface area (Å²) in [6, 6.07) is 1.94. The van der Waals surface area contributed by atoms with Crippen molar-refractivity contribution < 1.29 is 9.53 Å². The number of carbonyl (C=O) groups excluding carboxylic acids is 1. The van der Waals surface area contributed by atoms with E-state index in [0.29, 0.717) is 19.6 Å². The van der Waals surface area contributed by atoms with E-state index in [1.165, 1.54) is 0 Å². The summed E-state index contributed by atoms with van der Waals surface area (Å²) in [5.41, 5.74) is 0. The summed E-state index contributed by atoms with van der Waals surface area (Å²) in [7, 11) is 1.81. The number of carbonyl (C=O) groups is 1. The Balaban J connectivity index is 3.64. The Morgan fingerprint density at radius 1 is 1.69 bits per heavy atom. The minimum atomic E-state index is -0.209. The summed E-state index contributed by atoms with van der Waals surface area (Å²) >= 11 is 0. The average molecular weight is 184 g/mol. The standard InChI is InChI=1S/C9H16N2O2/c1-4-13-9(12)5-6-11(3)8(2)7-10/h8H,4-6H2,1-3H3. The van der Waals surface area contributed by atoms with Crippen LogP contribution in [0.2, 0.25) is 0 Å². The third kappa shape index (κ3) is 5.21. The zero-order chi connectivity index (χ0) is 10.3. The second-order valence-corrected chi connectivity index (χ2v) is 2.84. The van der Waals surface area contributed by atoms with Crippen molar-refractivity contribution in [2.75, 3.05) is 20.2 Å². The van der Waals surface area contributed by atoms with Crippen LogP contribution < -0.4 is 0 Å². The lowest BCUT2D eigenvalue weighted by Crippen LogP contribution is -2.30. The molecule has 0 saturated heterocycles. The second kappa shape index (κ2) is 6.44. The van der Waals surface area contributed by atoms with Crippen LogP contribution >= 0.6 is 0 Å². The summed E-state index contributed by atoms with van der Waals surface area (Å²) in [6.07, 6.45) is 0.344. The van der Waals surface area contributed by atoms with E-state index < -0.39 is 0 Å². The molecule has 0 saturated carbocycles. The molecular formula is C9H16N2O2. The minimum Gasteiger partial charge on any atom is -0.466 e. The third-order valence-electron chi connectivity index (χ3n) is 1.82. The van der Waals surface area contributed by atoms with Crippen LogP contribution in [0, 0.1) is 11.3 Å². The maximum Gasteiger partial charge on any atom is 0.307 e. The first kappa shape index (κ1) is 11.9. The Bertz CT molecular complexity index is 198. The van der Waals surface area contributed by atoms with Crippen LogP contribution in [-0.2, 0) is 9.53 Å². The van der Waals surface area contributed by atoms with Gasteiger partial charge in [0.05, 0.1) is 25.1 Å². The van der Waals surface area contributed by atoms with Crippen molar-refractivity contribution in [3.05, 3.63) is 0 Å². The molecule has 4 heteroatoms. The monoisotopic (exact) mass is 184 g/mol. The van der Waals surface area contributed by atoms with Crippen molar-refractivity contribution in [1.29, 1.82) is 5.26 Å². The largest absolute Gasteiger partial charge is 0.466 e. The zero-order valence-corrected chi connectivity index (χ0v) is 8.41. The van der Waals surface area contributed by atoms with E-state index >= 15 is 0 Å². The fraction of sp³-hybridized carbons (Fsp3) is 0.778. The van der Waals surface area contributed by atoms with Crippen LogP contribution in [0.5, 0.6) is 0 Å². The topological polar surface area (TPSA) is 53.3 Å². The van der Waals surface area contributed by atoms with Gasteiger partial charge in [-0.15, -0.1) is 0 Å². The molecule has 0 aliphatic heterocycles. The van der Waals surface area contributed by atoms with Crippen LogP contribution in [-0.4, -0.2) is 37.1 Å². The van der Waals surface area contributed by atoms with E-state index in [1.807, 2.05) is 11.9 Å². The van der Waals surface area contributed by atoms with Crippen molar-refractivity contribution in [2.45, 2.75) is 26.3 Å². The van der Waals surface area contributed by atoms with Crippen molar-refractivity contribution in [2.24, 2.45) is 0 Å². The molecule has 0 radical (unpaired) electrons. The highest BCUT2D eigenvalue weighted by atomic mass is 16.5. The number of esters is 1. The first-order chi connectivity index (χ1) is 6.11. The van der Waals surface area contributed by atoms with Crippen molar-refractivity contribution in [3.63, 3.8) is 0 Å². The normalized spacial score (nSPS) is 12.2. The van der Waals surface area contributed by atoms with E-state index in [0.717, 1.165) is 0 Å². The van der Waals surface area contributed by atoms with Gasteiger partial charge in [-0.25, -0.2) is 0 Å². The fourth-order valence-corrected chi connectivity index (χ4v) is 0.793. The summed E-state index contributed by atoms with van der Waals surface area (Å²) in [5, 5.41) is 8.57. The lowest BCUT2D eigenvalue weighted by Gasteiger charge is -2.17. The van der Waals surface area contributed by atoms with Gasteiger partial charge in [0, 0.05) is 6.54 Å². The Morgan fingerprint density at radius 3 is 2.77 bits per heavy atom.